The van der Waals surface area contributed by atoms with Crippen molar-refractivity contribution in [1.82, 2.24) is 4.90 Å². The molecular formula is C13H12N2O2. The summed E-state index contributed by atoms with van der Waals surface area (Å²) in [7, 11) is 0. The summed E-state index contributed by atoms with van der Waals surface area (Å²) in [5, 5.41) is 8.77. The summed E-state index contributed by atoms with van der Waals surface area (Å²) in [5.41, 5.74) is 1.35. The summed E-state index contributed by atoms with van der Waals surface area (Å²) in [6.07, 6.45) is 1.51. The summed E-state index contributed by atoms with van der Waals surface area (Å²) in [4.78, 5) is 24.5. The Morgan fingerprint density at radius 2 is 1.94 bits per heavy atom. The van der Waals surface area contributed by atoms with Crippen LogP contribution in [-0.4, -0.2) is 16.7 Å². The maximum Gasteiger partial charge on any atom is 0.229 e. The van der Waals surface area contributed by atoms with Gasteiger partial charge in [0.1, 0.15) is 0 Å². The van der Waals surface area contributed by atoms with Gasteiger partial charge in [-0.2, -0.15) is 5.26 Å². The van der Waals surface area contributed by atoms with Gasteiger partial charge in [-0.15, -0.1) is 0 Å². The van der Waals surface area contributed by atoms with Crippen LogP contribution in [0.5, 0.6) is 0 Å². The minimum atomic E-state index is -0.122. The molecule has 2 rings (SSSR count). The molecule has 0 N–H and O–H groups in total. The van der Waals surface area contributed by atoms with E-state index < -0.39 is 0 Å². The van der Waals surface area contributed by atoms with E-state index in [0.29, 0.717) is 24.8 Å². The van der Waals surface area contributed by atoms with E-state index in [0.717, 1.165) is 5.56 Å². The van der Waals surface area contributed by atoms with Crippen LogP contribution in [0.1, 0.15) is 30.4 Å². The van der Waals surface area contributed by atoms with Crippen LogP contribution in [-0.2, 0) is 16.1 Å². The first kappa shape index (κ1) is 11.3. The Bertz CT molecular complexity index is 486. The highest BCUT2D eigenvalue weighted by molar-refractivity contribution is 5.97. The molecule has 0 aliphatic carbocycles. The molecule has 4 nitrogen and oxygen atoms in total. The van der Waals surface area contributed by atoms with Crippen LogP contribution >= 0.6 is 0 Å². The average Bonchev–Trinajstić information content (AvgIpc) is 2.34. The van der Waals surface area contributed by atoms with E-state index in [1.54, 1.807) is 18.2 Å². The van der Waals surface area contributed by atoms with Crippen molar-refractivity contribution in [3.63, 3.8) is 0 Å². The number of rotatable bonds is 2. The molecule has 0 atom stereocenters. The van der Waals surface area contributed by atoms with Gasteiger partial charge in [-0.1, -0.05) is 12.1 Å². The maximum atomic E-state index is 11.6. The Hall–Kier alpha value is -2.15. The highest BCUT2D eigenvalue weighted by atomic mass is 16.2. The summed E-state index contributed by atoms with van der Waals surface area (Å²) in [6.45, 7) is 0.271. The van der Waals surface area contributed by atoms with E-state index in [4.69, 9.17) is 5.26 Å². The van der Waals surface area contributed by atoms with E-state index in [1.807, 2.05) is 12.1 Å². The third-order valence-corrected chi connectivity index (χ3v) is 2.78. The van der Waals surface area contributed by atoms with Crippen molar-refractivity contribution in [1.29, 1.82) is 5.26 Å². The maximum absolute atomic E-state index is 11.6. The quantitative estimate of drug-likeness (QED) is 0.722. The first-order valence-electron chi connectivity index (χ1n) is 5.53. The van der Waals surface area contributed by atoms with Crippen LogP contribution in [0.2, 0.25) is 0 Å². The van der Waals surface area contributed by atoms with E-state index in [9.17, 15) is 9.59 Å². The lowest BCUT2D eigenvalue weighted by Gasteiger charge is -2.24. The normalized spacial score (nSPS) is 15.8. The molecule has 86 valence electrons. The summed E-state index contributed by atoms with van der Waals surface area (Å²) >= 11 is 0. The molecule has 1 aromatic rings. The number of hydrogen-bond acceptors (Lipinski definition) is 3. The Kier molecular flexibility index (Phi) is 3.20. The standard InChI is InChI=1S/C13H12N2O2/c14-8-10-3-1-4-11(7-10)9-15-12(16)5-2-6-13(15)17/h1,3-4,7H,2,5-6,9H2. The minimum Gasteiger partial charge on any atom is -0.278 e. The molecule has 1 aromatic carbocycles. The number of likely N-dealkylation sites (tertiary alicyclic amines) is 1. The number of carbonyl (C=O) groups is 2. The number of carbonyl (C=O) groups excluding carboxylic acids is 2. The van der Waals surface area contributed by atoms with Crippen molar-refractivity contribution in [3.05, 3.63) is 35.4 Å². The molecule has 0 saturated carbocycles. The topological polar surface area (TPSA) is 61.2 Å². The molecule has 1 heterocycles. The molecule has 17 heavy (non-hydrogen) atoms. The fourth-order valence-electron chi connectivity index (χ4n) is 1.90. The van der Waals surface area contributed by atoms with Gasteiger partial charge in [-0.25, -0.2) is 0 Å². The van der Waals surface area contributed by atoms with Crippen molar-refractivity contribution in [2.75, 3.05) is 0 Å². The van der Waals surface area contributed by atoms with Crippen LogP contribution in [0.4, 0.5) is 0 Å². The number of hydrogen-bond donors (Lipinski definition) is 0. The highest BCUT2D eigenvalue weighted by Crippen LogP contribution is 2.16. The second-order valence-corrected chi connectivity index (χ2v) is 4.04. The number of piperidine rings is 1. The molecule has 0 bridgehead atoms. The Labute approximate surface area is 99.5 Å². The molecule has 1 fully saturated rings. The molecule has 4 heteroatoms. The molecule has 2 amide bonds. The third kappa shape index (κ3) is 2.51. The predicted octanol–water partition coefficient (Wildman–Crippen LogP) is 1.60. The van der Waals surface area contributed by atoms with Crippen LogP contribution in [0.3, 0.4) is 0 Å². The van der Waals surface area contributed by atoms with Gasteiger partial charge in [0, 0.05) is 12.8 Å². The Balaban J connectivity index is 2.16. The molecule has 0 unspecified atom stereocenters. The second-order valence-electron chi connectivity index (χ2n) is 4.04. The number of amides is 2. The van der Waals surface area contributed by atoms with Gasteiger partial charge in [0.2, 0.25) is 11.8 Å². The van der Waals surface area contributed by atoms with Crippen molar-refractivity contribution < 1.29 is 9.59 Å². The molecule has 0 aromatic heterocycles. The summed E-state index contributed by atoms with van der Waals surface area (Å²) in [5.74, 6) is -0.243. The lowest BCUT2D eigenvalue weighted by atomic mass is 10.1. The lowest BCUT2D eigenvalue weighted by Crippen LogP contribution is -2.39. The van der Waals surface area contributed by atoms with Crippen LogP contribution in [0.25, 0.3) is 0 Å². The monoisotopic (exact) mass is 228 g/mol. The zero-order chi connectivity index (χ0) is 12.3. The number of nitriles is 1. The van der Waals surface area contributed by atoms with Crippen LogP contribution < -0.4 is 0 Å². The largest absolute Gasteiger partial charge is 0.278 e. The van der Waals surface area contributed by atoms with Crippen molar-refractivity contribution in [2.45, 2.75) is 25.8 Å². The van der Waals surface area contributed by atoms with Crippen LogP contribution in [0.15, 0.2) is 24.3 Å². The smallest absolute Gasteiger partial charge is 0.229 e. The van der Waals surface area contributed by atoms with Gasteiger partial charge in [0.25, 0.3) is 0 Å². The van der Waals surface area contributed by atoms with E-state index in [-0.39, 0.29) is 18.4 Å². The van der Waals surface area contributed by atoms with E-state index >= 15 is 0 Å². The number of imide groups is 1. The molecule has 0 radical (unpaired) electrons. The Morgan fingerprint density at radius 3 is 2.59 bits per heavy atom. The van der Waals surface area contributed by atoms with Gasteiger partial charge in [-0.3, -0.25) is 14.5 Å². The average molecular weight is 228 g/mol. The first-order chi connectivity index (χ1) is 8.20. The molecule has 1 aliphatic rings. The Morgan fingerprint density at radius 1 is 1.24 bits per heavy atom. The molecule has 1 aliphatic heterocycles. The van der Waals surface area contributed by atoms with Gasteiger partial charge < -0.3 is 0 Å². The fraction of sp³-hybridized carbons (Fsp3) is 0.308. The van der Waals surface area contributed by atoms with Crippen molar-refractivity contribution in [3.8, 4) is 6.07 Å². The van der Waals surface area contributed by atoms with Crippen molar-refractivity contribution >= 4 is 11.8 Å². The number of benzene rings is 1. The van der Waals surface area contributed by atoms with E-state index in [1.165, 1.54) is 4.90 Å². The zero-order valence-electron chi connectivity index (χ0n) is 9.35. The molecule has 0 spiro atoms. The molecular weight excluding hydrogens is 216 g/mol. The summed E-state index contributed by atoms with van der Waals surface area (Å²) in [6, 6.07) is 9.01. The van der Waals surface area contributed by atoms with Gasteiger partial charge in [0.15, 0.2) is 0 Å². The SMILES string of the molecule is N#Cc1cccc(CN2C(=O)CCCC2=O)c1. The van der Waals surface area contributed by atoms with Crippen LogP contribution in [0, 0.1) is 11.3 Å². The van der Waals surface area contributed by atoms with Gasteiger partial charge in [0.05, 0.1) is 18.2 Å². The first-order valence-corrected chi connectivity index (χ1v) is 5.53. The predicted molar refractivity (Wildman–Crippen MR) is 60.6 cm³/mol. The van der Waals surface area contributed by atoms with Gasteiger partial charge >= 0.3 is 0 Å². The van der Waals surface area contributed by atoms with Crippen molar-refractivity contribution in [2.24, 2.45) is 0 Å². The third-order valence-electron chi connectivity index (χ3n) is 2.78. The lowest BCUT2D eigenvalue weighted by molar-refractivity contribution is -0.148. The molecule has 1 saturated heterocycles. The fourth-order valence-corrected chi connectivity index (χ4v) is 1.90. The number of nitrogens with zero attached hydrogens (tertiary/aromatic N) is 2. The minimum absolute atomic E-state index is 0.122. The van der Waals surface area contributed by atoms with Gasteiger partial charge in [-0.05, 0) is 24.1 Å². The van der Waals surface area contributed by atoms with E-state index in [2.05, 4.69) is 0 Å². The highest BCUT2D eigenvalue weighted by Gasteiger charge is 2.25. The second kappa shape index (κ2) is 4.79. The summed E-state index contributed by atoms with van der Waals surface area (Å²) < 4.78 is 0. The zero-order valence-corrected chi connectivity index (χ0v) is 9.35.